The predicted molar refractivity (Wildman–Crippen MR) is 55.2 cm³/mol. The van der Waals surface area contributed by atoms with Gasteiger partial charge in [-0.1, -0.05) is 0 Å². The van der Waals surface area contributed by atoms with Crippen LogP contribution < -0.4 is 0 Å². The molecule has 0 aliphatic heterocycles. The van der Waals surface area contributed by atoms with E-state index < -0.39 is 17.0 Å². The van der Waals surface area contributed by atoms with E-state index in [2.05, 4.69) is 0 Å². The maximum atomic E-state index is 10.6. The standard InChI is InChI=1S/C10H11NO5/c1-5-3-7(11(15)16)4-8(6(5)2)9(12)10(13)14/h3-4,9,12H,1-2H3,(H,13,14). The van der Waals surface area contributed by atoms with E-state index in [4.69, 9.17) is 5.11 Å². The summed E-state index contributed by atoms with van der Waals surface area (Å²) in [5.74, 6) is -1.43. The lowest BCUT2D eigenvalue weighted by Crippen LogP contribution is -2.12. The molecule has 1 aromatic rings. The first-order chi connectivity index (χ1) is 7.34. The molecule has 0 saturated heterocycles. The minimum Gasteiger partial charge on any atom is -0.479 e. The van der Waals surface area contributed by atoms with Gasteiger partial charge in [0.05, 0.1) is 4.92 Å². The molecule has 6 nitrogen and oxygen atoms in total. The molecule has 0 aromatic heterocycles. The first kappa shape index (κ1) is 12.1. The van der Waals surface area contributed by atoms with Crippen molar-refractivity contribution in [2.24, 2.45) is 0 Å². The Labute approximate surface area is 91.3 Å². The molecule has 2 N–H and O–H groups in total. The number of aliphatic hydroxyl groups excluding tert-OH is 1. The maximum absolute atomic E-state index is 10.6. The second-order valence-electron chi connectivity index (χ2n) is 3.47. The fourth-order valence-electron chi connectivity index (χ4n) is 1.39. The van der Waals surface area contributed by atoms with Gasteiger partial charge in [0, 0.05) is 17.7 Å². The van der Waals surface area contributed by atoms with Crippen molar-refractivity contribution in [3.8, 4) is 0 Å². The summed E-state index contributed by atoms with van der Waals surface area (Å²) in [7, 11) is 0. The van der Waals surface area contributed by atoms with Gasteiger partial charge in [-0.2, -0.15) is 0 Å². The quantitative estimate of drug-likeness (QED) is 0.597. The zero-order chi connectivity index (χ0) is 12.5. The van der Waals surface area contributed by atoms with Crippen LogP contribution in [0.4, 0.5) is 5.69 Å². The maximum Gasteiger partial charge on any atom is 0.337 e. The molecular formula is C10H11NO5. The van der Waals surface area contributed by atoms with Gasteiger partial charge in [-0.25, -0.2) is 4.79 Å². The van der Waals surface area contributed by atoms with Crippen molar-refractivity contribution in [3.63, 3.8) is 0 Å². The van der Waals surface area contributed by atoms with E-state index in [-0.39, 0.29) is 11.3 Å². The number of aryl methyl sites for hydroxylation is 1. The number of nitrogens with zero attached hydrogens (tertiary/aromatic N) is 1. The van der Waals surface area contributed by atoms with Crippen LogP contribution in [-0.4, -0.2) is 21.1 Å². The van der Waals surface area contributed by atoms with Crippen LogP contribution >= 0.6 is 0 Å². The van der Waals surface area contributed by atoms with Crippen LogP contribution in [0.25, 0.3) is 0 Å². The Balaban J connectivity index is 3.37. The monoisotopic (exact) mass is 225 g/mol. The van der Waals surface area contributed by atoms with Crippen LogP contribution in [0.1, 0.15) is 22.8 Å². The van der Waals surface area contributed by atoms with Crippen molar-refractivity contribution >= 4 is 11.7 Å². The highest BCUT2D eigenvalue weighted by atomic mass is 16.6. The average molecular weight is 225 g/mol. The molecule has 0 aliphatic rings. The van der Waals surface area contributed by atoms with Gasteiger partial charge >= 0.3 is 5.97 Å². The molecule has 0 bridgehead atoms. The Morgan fingerprint density at radius 1 is 1.44 bits per heavy atom. The summed E-state index contributed by atoms with van der Waals surface area (Å²) < 4.78 is 0. The van der Waals surface area contributed by atoms with E-state index in [0.29, 0.717) is 11.1 Å². The third kappa shape index (κ3) is 2.17. The normalized spacial score (nSPS) is 12.2. The summed E-state index contributed by atoms with van der Waals surface area (Å²) in [4.78, 5) is 20.6. The third-order valence-corrected chi connectivity index (χ3v) is 2.43. The number of carbonyl (C=O) groups is 1. The largest absolute Gasteiger partial charge is 0.479 e. The van der Waals surface area contributed by atoms with E-state index in [1.807, 2.05) is 0 Å². The van der Waals surface area contributed by atoms with Gasteiger partial charge in [-0.3, -0.25) is 10.1 Å². The van der Waals surface area contributed by atoms with Crippen molar-refractivity contribution in [3.05, 3.63) is 38.9 Å². The number of carboxylic acid groups (broad SMARTS) is 1. The predicted octanol–water partition coefficient (Wildman–Crippen LogP) is 1.33. The summed E-state index contributed by atoms with van der Waals surface area (Å²) in [6, 6.07) is 2.43. The van der Waals surface area contributed by atoms with Gasteiger partial charge < -0.3 is 10.2 Å². The van der Waals surface area contributed by atoms with Crippen LogP contribution in [0.5, 0.6) is 0 Å². The molecule has 1 rings (SSSR count). The summed E-state index contributed by atoms with van der Waals surface area (Å²) in [6.07, 6.45) is -1.74. The highest BCUT2D eigenvalue weighted by molar-refractivity contribution is 5.75. The van der Waals surface area contributed by atoms with Gasteiger partial charge in [-0.15, -0.1) is 0 Å². The van der Waals surface area contributed by atoms with Crippen molar-refractivity contribution in [1.29, 1.82) is 0 Å². The fraction of sp³-hybridized carbons (Fsp3) is 0.300. The molecule has 0 aliphatic carbocycles. The van der Waals surface area contributed by atoms with Crippen LogP contribution in [-0.2, 0) is 4.79 Å². The SMILES string of the molecule is Cc1cc([N+](=O)[O-])cc(C(O)C(=O)O)c1C. The lowest BCUT2D eigenvalue weighted by molar-refractivity contribution is -0.385. The van der Waals surface area contributed by atoms with E-state index >= 15 is 0 Å². The number of rotatable bonds is 3. The number of hydrogen-bond donors (Lipinski definition) is 2. The molecule has 6 heteroatoms. The molecule has 1 atom stereocenters. The fourth-order valence-corrected chi connectivity index (χ4v) is 1.39. The van der Waals surface area contributed by atoms with Crippen molar-refractivity contribution in [2.45, 2.75) is 20.0 Å². The van der Waals surface area contributed by atoms with Gasteiger partial charge in [0.1, 0.15) is 0 Å². The Morgan fingerprint density at radius 2 is 2.00 bits per heavy atom. The minimum atomic E-state index is -1.74. The topological polar surface area (TPSA) is 101 Å². The van der Waals surface area contributed by atoms with Crippen LogP contribution in [0, 0.1) is 24.0 Å². The number of hydrogen-bond acceptors (Lipinski definition) is 4. The second kappa shape index (κ2) is 4.28. The second-order valence-corrected chi connectivity index (χ2v) is 3.47. The number of benzene rings is 1. The Hall–Kier alpha value is -1.95. The Kier molecular flexibility index (Phi) is 3.24. The van der Waals surface area contributed by atoms with E-state index in [0.717, 1.165) is 6.07 Å². The minimum absolute atomic E-state index is 0.0548. The molecule has 0 radical (unpaired) electrons. The molecule has 0 saturated carbocycles. The number of nitro benzene ring substituents is 1. The lowest BCUT2D eigenvalue weighted by Gasteiger charge is -2.11. The smallest absolute Gasteiger partial charge is 0.337 e. The van der Waals surface area contributed by atoms with Crippen molar-refractivity contribution < 1.29 is 19.9 Å². The highest BCUT2D eigenvalue weighted by Gasteiger charge is 2.22. The highest BCUT2D eigenvalue weighted by Crippen LogP contribution is 2.26. The summed E-state index contributed by atoms with van der Waals surface area (Å²) in [5.41, 5.74) is 0.947. The van der Waals surface area contributed by atoms with Crippen LogP contribution in [0.15, 0.2) is 12.1 Å². The number of aliphatic carboxylic acids is 1. The molecule has 0 amide bonds. The third-order valence-electron chi connectivity index (χ3n) is 2.43. The molecular weight excluding hydrogens is 214 g/mol. The van der Waals surface area contributed by atoms with Gasteiger partial charge in [0.15, 0.2) is 6.10 Å². The lowest BCUT2D eigenvalue weighted by atomic mass is 9.98. The van der Waals surface area contributed by atoms with E-state index in [1.165, 1.54) is 6.07 Å². The number of nitro groups is 1. The van der Waals surface area contributed by atoms with Gasteiger partial charge in [0.2, 0.25) is 0 Å². The first-order valence-corrected chi connectivity index (χ1v) is 4.51. The molecule has 86 valence electrons. The Bertz CT molecular complexity index is 455. The first-order valence-electron chi connectivity index (χ1n) is 4.51. The molecule has 0 spiro atoms. The average Bonchev–Trinajstić information content (AvgIpc) is 2.20. The number of carboxylic acids is 1. The van der Waals surface area contributed by atoms with Gasteiger partial charge in [-0.05, 0) is 25.0 Å². The molecule has 1 unspecified atom stereocenters. The van der Waals surface area contributed by atoms with Crippen LogP contribution in [0.3, 0.4) is 0 Å². The van der Waals surface area contributed by atoms with Gasteiger partial charge in [0.25, 0.3) is 5.69 Å². The molecule has 0 heterocycles. The van der Waals surface area contributed by atoms with Crippen LogP contribution in [0.2, 0.25) is 0 Å². The number of aliphatic hydroxyl groups is 1. The molecule has 0 fully saturated rings. The summed E-state index contributed by atoms with van der Waals surface area (Å²) in [5, 5.41) is 28.6. The van der Waals surface area contributed by atoms with E-state index in [9.17, 15) is 20.0 Å². The zero-order valence-corrected chi connectivity index (χ0v) is 8.80. The zero-order valence-electron chi connectivity index (χ0n) is 8.80. The van der Waals surface area contributed by atoms with E-state index in [1.54, 1.807) is 13.8 Å². The summed E-state index contributed by atoms with van der Waals surface area (Å²) >= 11 is 0. The molecule has 1 aromatic carbocycles. The van der Waals surface area contributed by atoms with Crippen molar-refractivity contribution in [1.82, 2.24) is 0 Å². The van der Waals surface area contributed by atoms with Crippen molar-refractivity contribution in [2.75, 3.05) is 0 Å². The Morgan fingerprint density at radius 3 is 2.44 bits per heavy atom. The molecule has 16 heavy (non-hydrogen) atoms. The number of non-ortho nitro benzene ring substituents is 1. The summed E-state index contributed by atoms with van der Waals surface area (Å²) in [6.45, 7) is 3.24.